The number of carbonyl (C=O) groups is 2. The summed E-state index contributed by atoms with van der Waals surface area (Å²) in [4.78, 5) is 26.9. The van der Waals surface area contributed by atoms with Crippen molar-refractivity contribution in [2.45, 2.75) is 25.9 Å². The van der Waals surface area contributed by atoms with Crippen LogP contribution in [0.1, 0.15) is 30.9 Å². The van der Waals surface area contributed by atoms with Crippen LogP contribution in [0.25, 0.3) is 6.08 Å². The average Bonchev–Trinajstić information content (AvgIpc) is 3.08. The number of rotatable bonds is 9. The zero-order chi connectivity index (χ0) is 25.6. The maximum Gasteiger partial charge on any atom is 0.418 e. The first-order chi connectivity index (χ1) is 16.6. The molecule has 1 fully saturated rings. The van der Waals surface area contributed by atoms with E-state index in [1.807, 2.05) is 6.92 Å². The van der Waals surface area contributed by atoms with E-state index in [4.69, 9.17) is 21.7 Å². The number of carbonyl (C=O) groups excluding carboxylic acids is 2. The van der Waals surface area contributed by atoms with Crippen LogP contribution < -0.4 is 14.8 Å². The molecule has 11 heteroatoms. The van der Waals surface area contributed by atoms with Gasteiger partial charge in [-0.2, -0.15) is 13.2 Å². The van der Waals surface area contributed by atoms with E-state index in [0.717, 1.165) is 18.9 Å². The summed E-state index contributed by atoms with van der Waals surface area (Å²) < 4.78 is 50.7. The maximum absolute atomic E-state index is 13.1. The quantitative estimate of drug-likeness (QED) is 0.334. The van der Waals surface area contributed by atoms with Crippen LogP contribution in [0.5, 0.6) is 11.5 Å². The number of halogens is 3. The van der Waals surface area contributed by atoms with E-state index in [0.29, 0.717) is 27.1 Å². The first-order valence-corrected chi connectivity index (χ1v) is 11.9. The van der Waals surface area contributed by atoms with Gasteiger partial charge >= 0.3 is 6.18 Å². The lowest BCUT2D eigenvalue weighted by Crippen LogP contribution is -2.28. The van der Waals surface area contributed by atoms with Gasteiger partial charge in [0.15, 0.2) is 18.1 Å². The van der Waals surface area contributed by atoms with Crippen molar-refractivity contribution in [2.75, 3.05) is 25.6 Å². The lowest BCUT2D eigenvalue weighted by atomic mass is 10.1. The normalized spacial score (nSPS) is 15.0. The highest BCUT2D eigenvalue weighted by Crippen LogP contribution is 2.36. The summed E-state index contributed by atoms with van der Waals surface area (Å²) in [6, 6.07) is 9.55. The van der Waals surface area contributed by atoms with Gasteiger partial charge in [0.2, 0.25) is 0 Å². The number of nitrogens with one attached hydrogen (secondary N) is 1. The van der Waals surface area contributed by atoms with Crippen molar-refractivity contribution in [2.24, 2.45) is 0 Å². The van der Waals surface area contributed by atoms with Crippen molar-refractivity contribution >= 4 is 51.9 Å². The second-order valence-corrected chi connectivity index (χ2v) is 9.15. The summed E-state index contributed by atoms with van der Waals surface area (Å²) in [6.07, 6.45) is -1.11. The third-order valence-electron chi connectivity index (χ3n) is 4.96. The Labute approximate surface area is 210 Å². The van der Waals surface area contributed by atoms with Gasteiger partial charge in [0.1, 0.15) is 4.32 Å². The minimum Gasteiger partial charge on any atom is -0.493 e. The molecular weight excluding hydrogens is 501 g/mol. The third kappa shape index (κ3) is 6.76. The van der Waals surface area contributed by atoms with E-state index in [2.05, 4.69) is 5.32 Å². The smallest absolute Gasteiger partial charge is 0.418 e. The molecule has 0 radical (unpaired) electrons. The molecule has 1 aliphatic rings. The van der Waals surface area contributed by atoms with Crippen molar-refractivity contribution < 1.29 is 32.2 Å². The van der Waals surface area contributed by atoms with Crippen LogP contribution in [0.2, 0.25) is 0 Å². The molecule has 1 heterocycles. The second kappa shape index (κ2) is 11.6. The first kappa shape index (κ1) is 26.6. The third-order valence-corrected chi connectivity index (χ3v) is 6.34. The Balaban J connectivity index is 1.68. The van der Waals surface area contributed by atoms with E-state index in [9.17, 15) is 22.8 Å². The van der Waals surface area contributed by atoms with E-state index in [1.54, 1.807) is 29.2 Å². The Kier molecular flexibility index (Phi) is 8.79. The minimum absolute atomic E-state index is 0.149. The Morgan fingerprint density at radius 2 is 1.94 bits per heavy atom. The van der Waals surface area contributed by atoms with Crippen molar-refractivity contribution in [1.29, 1.82) is 0 Å². The number of thioether (sulfide) groups is 1. The summed E-state index contributed by atoms with van der Waals surface area (Å²) in [5.41, 5.74) is -0.642. The monoisotopic (exact) mass is 524 g/mol. The number of unbranched alkanes of at least 4 members (excludes halogenated alkanes) is 1. The van der Waals surface area contributed by atoms with E-state index >= 15 is 0 Å². The number of alkyl halides is 3. The number of anilines is 1. The first-order valence-electron chi connectivity index (χ1n) is 10.7. The van der Waals surface area contributed by atoms with Gasteiger partial charge in [-0.25, -0.2) is 0 Å². The molecule has 0 spiro atoms. The number of hydrogen-bond donors (Lipinski definition) is 1. The van der Waals surface area contributed by atoms with E-state index < -0.39 is 24.3 Å². The lowest BCUT2D eigenvalue weighted by Gasteiger charge is -2.14. The molecule has 1 saturated heterocycles. The summed E-state index contributed by atoms with van der Waals surface area (Å²) in [5.74, 6) is -0.393. The molecule has 2 amide bonds. The molecule has 0 saturated carbocycles. The molecule has 0 aliphatic carbocycles. The zero-order valence-electron chi connectivity index (χ0n) is 19.0. The fraction of sp³-hybridized carbons (Fsp3) is 0.292. The number of benzene rings is 2. The number of nitrogens with zero attached hydrogens (tertiary/aromatic N) is 1. The van der Waals surface area contributed by atoms with Gasteiger partial charge in [-0.3, -0.25) is 14.5 Å². The van der Waals surface area contributed by atoms with E-state index in [1.165, 1.54) is 37.1 Å². The van der Waals surface area contributed by atoms with Gasteiger partial charge in [0, 0.05) is 6.54 Å². The number of amides is 2. The zero-order valence-corrected chi connectivity index (χ0v) is 20.6. The predicted molar refractivity (Wildman–Crippen MR) is 133 cm³/mol. The number of thiocarbonyl (C=S) groups is 1. The van der Waals surface area contributed by atoms with Crippen molar-refractivity contribution in [3.63, 3.8) is 0 Å². The molecule has 0 aromatic heterocycles. The molecule has 2 aromatic rings. The van der Waals surface area contributed by atoms with Crippen molar-refractivity contribution in [1.82, 2.24) is 4.90 Å². The maximum atomic E-state index is 13.1. The Morgan fingerprint density at radius 3 is 2.63 bits per heavy atom. The fourth-order valence-corrected chi connectivity index (χ4v) is 4.53. The molecule has 3 rings (SSSR count). The summed E-state index contributed by atoms with van der Waals surface area (Å²) >= 11 is 6.54. The van der Waals surface area contributed by atoms with Gasteiger partial charge in [-0.1, -0.05) is 55.5 Å². The van der Waals surface area contributed by atoms with Gasteiger partial charge in [0.05, 0.1) is 23.3 Å². The minimum atomic E-state index is -4.60. The van der Waals surface area contributed by atoms with Crippen LogP contribution in [0, 0.1) is 0 Å². The number of para-hydroxylation sites is 1. The summed E-state index contributed by atoms with van der Waals surface area (Å²) in [6.45, 7) is 2.08. The lowest BCUT2D eigenvalue weighted by molar-refractivity contribution is -0.137. The van der Waals surface area contributed by atoms with Crippen molar-refractivity contribution in [3.8, 4) is 11.5 Å². The van der Waals surface area contributed by atoms with Crippen LogP contribution in [-0.2, 0) is 15.8 Å². The summed E-state index contributed by atoms with van der Waals surface area (Å²) in [5, 5.41) is 2.22. The highest BCUT2D eigenvalue weighted by Gasteiger charge is 2.34. The highest BCUT2D eigenvalue weighted by atomic mass is 32.2. The number of methoxy groups -OCH3 is 1. The predicted octanol–water partition coefficient (Wildman–Crippen LogP) is 5.73. The van der Waals surface area contributed by atoms with Gasteiger partial charge < -0.3 is 14.8 Å². The van der Waals surface area contributed by atoms with Crippen LogP contribution in [-0.4, -0.2) is 41.3 Å². The molecule has 186 valence electrons. The number of hydrogen-bond acceptors (Lipinski definition) is 6. The molecule has 2 aromatic carbocycles. The number of ether oxygens (including phenoxy) is 2. The van der Waals surface area contributed by atoms with Crippen LogP contribution in [0.15, 0.2) is 47.4 Å². The van der Waals surface area contributed by atoms with Gasteiger partial charge in [-0.05, 0) is 42.3 Å². The SMILES string of the molecule is CCCCN1C(=O)/C(=C/c2ccc(OCC(=O)Nc3ccccc3C(F)(F)F)c(OC)c2)SC1=S. The molecular formula is C24H23F3N2O4S2. The standard InChI is InChI=1S/C24H23F3N2O4S2/c1-3-4-11-29-22(31)20(35-23(29)34)13-15-9-10-18(19(12-15)32-2)33-14-21(30)28-17-8-6-5-7-16(17)24(25,26)27/h5-10,12-13H,3-4,11,14H2,1-2H3,(H,28,30)/b20-13-. The molecule has 0 atom stereocenters. The Morgan fingerprint density at radius 1 is 1.20 bits per heavy atom. The van der Waals surface area contributed by atoms with Crippen LogP contribution in [0.4, 0.5) is 18.9 Å². The van der Waals surface area contributed by atoms with Crippen LogP contribution in [0.3, 0.4) is 0 Å². The average molecular weight is 525 g/mol. The largest absolute Gasteiger partial charge is 0.493 e. The molecule has 1 aliphatic heterocycles. The molecule has 0 bridgehead atoms. The topological polar surface area (TPSA) is 67.9 Å². The van der Waals surface area contributed by atoms with Crippen molar-refractivity contribution in [3.05, 3.63) is 58.5 Å². The van der Waals surface area contributed by atoms with Gasteiger partial charge in [0.25, 0.3) is 11.8 Å². The molecule has 0 unspecified atom stereocenters. The Hall–Kier alpha value is -3.05. The van der Waals surface area contributed by atoms with E-state index in [-0.39, 0.29) is 17.3 Å². The highest BCUT2D eigenvalue weighted by molar-refractivity contribution is 8.26. The fourth-order valence-electron chi connectivity index (χ4n) is 3.22. The second-order valence-electron chi connectivity index (χ2n) is 7.48. The Bertz CT molecular complexity index is 1150. The molecule has 6 nitrogen and oxygen atoms in total. The molecule has 35 heavy (non-hydrogen) atoms. The molecule has 1 N–H and O–H groups in total. The van der Waals surface area contributed by atoms with Crippen LogP contribution >= 0.6 is 24.0 Å². The van der Waals surface area contributed by atoms with Gasteiger partial charge in [-0.15, -0.1) is 0 Å². The summed E-state index contributed by atoms with van der Waals surface area (Å²) in [7, 11) is 1.41.